The Morgan fingerprint density at radius 2 is 1.70 bits per heavy atom. The molecule has 0 aliphatic rings. The first kappa shape index (κ1) is 20.5. The zero-order chi connectivity index (χ0) is 19.8. The van der Waals surface area contributed by atoms with Crippen LogP contribution in [-0.2, 0) is 17.9 Å². The van der Waals surface area contributed by atoms with Gasteiger partial charge in [-0.1, -0.05) is 18.2 Å². The largest absolute Gasteiger partial charge is 0.493 e. The predicted octanol–water partition coefficient (Wildman–Crippen LogP) is 1.18. The summed E-state index contributed by atoms with van der Waals surface area (Å²) in [6.45, 7) is 0.992. The van der Waals surface area contributed by atoms with Crippen molar-refractivity contribution in [1.82, 2.24) is 5.32 Å². The third-order valence-corrected chi connectivity index (χ3v) is 4.13. The number of hydrogen-bond acceptors (Lipinski definition) is 4. The second-order valence-electron chi connectivity index (χ2n) is 6.21. The highest BCUT2D eigenvalue weighted by molar-refractivity contribution is 5.76. The van der Waals surface area contributed by atoms with E-state index in [-0.39, 0.29) is 18.3 Å². The minimum atomic E-state index is -0.255. The van der Waals surface area contributed by atoms with Crippen LogP contribution in [0.4, 0.5) is 4.39 Å². The van der Waals surface area contributed by atoms with Gasteiger partial charge in [-0.25, -0.2) is 4.39 Å². The Bertz CT molecular complexity index is 757. The van der Waals surface area contributed by atoms with Crippen LogP contribution in [0.25, 0.3) is 0 Å². The quantitative estimate of drug-likeness (QED) is 0.689. The number of benzene rings is 2. The third-order valence-electron chi connectivity index (χ3n) is 4.13. The van der Waals surface area contributed by atoms with E-state index >= 15 is 0 Å². The molecule has 0 saturated carbocycles. The molecule has 0 radical (unpaired) electrons. The Balaban J connectivity index is 1.94. The lowest BCUT2D eigenvalue weighted by Gasteiger charge is -2.16. The van der Waals surface area contributed by atoms with Crippen molar-refractivity contribution in [3.63, 3.8) is 0 Å². The lowest BCUT2D eigenvalue weighted by molar-refractivity contribution is -0.885. The summed E-state index contributed by atoms with van der Waals surface area (Å²) in [6.07, 6.45) is 0. The van der Waals surface area contributed by atoms with Crippen LogP contribution < -0.4 is 24.4 Å². The molecule has 0 spiro atoms. The summed E-state index contributed by atoms with van der Waals surface area (Å²) in [4.78, 5) is 13.1. The van der Waals surface area contributed by atoms with E-state index in [2.05, 4.69) is 5.32 Å². The molecule has 0 saturated heterocycles. The summed E-state index contributed by atoms with van der Waals surface area (Å²) in [5.41, 5.74) is 1.41. The molecule has 0 aliphatic heterocycles. The molecular formula is C20H26FN2O4+. The SMILES string of the molecule is COc1cc(CNC(=O)C[NH+](C)Cc2ccccc2F)cc(OC)c1OC. The third kappa shape index (κ3) is 5.59. The first-order valence-electron chi connectivity index (χ1n) is 8.58. The van der Waals surface area contributed by atoms with Crippen LogP contribution in [0, 0.1) is 5.82 Å². The second kappa shape index (κ2) is 9.78. The minimum Gasteiger partial charge on any atom is -0.493 e. The summed E-state index contributed by atoms with van der Waals surface area (Å²) in [7, 11) is 6.48. The number of rotatable bonds is 9. The number of hydrogen-bond donors (Lipinski definition) is 2. The maximum atomic E-state index is 13.7. The molecule has 2 aromatic carbocycles. The number of carbonyl (C=O) groups is 1. The van der Waals surface area contributed by atoms with E-state index in [9.17, 15) is 9.18 Å². The number of halogens is 1. The summed E-state index contributed by atoms with van der Waals surface area (Å²) in [5, 5.41) is 2.86. The standard InChI is InChI=1S/C20H25FN2O4/c1-23(12-15-7-5-6-8-16(15)21)13-19(24)22-11-14-9-17(25-2)20(27-4)18(10-14)26-3/h5-10H,11-13H2,1-4H3,(H,22,24)/p+1. The monoisotopic (exact) mass is 377 g/mol. The fourth-order valence-electron chi connectivity index (χ4n) is 2.80. The van der Waals surface area contributed by atoms with Crippen molar-refractivity contribution in [2.45, 2.75) is 13.1 Å². The average Bonchev–Trinajstić information content (AvgIpc) is 2.67. The Kier molecular flexibility index (Phi) is 7.43. The lowest BCUT2D eigenvalue weighted by atomic mass is 10.1. The van der Waals surface area contributed by atoms with Gasteiger partial charge in [-0.15, -0.1) is 0 Å². The van der Waals surface area contributed by atoms with Crippen molar-refractivity contribution in [3.8, 4) is 17.2 Å². The Labute approximate surface area is 158 Å². The molecule has 6 nitrogen and oxygen atoms in total. The Morgan fingerprint density at radius 3 is 2.26 bits per heavy atom. The highest BCUT2D eigenvalue weighted by Gasteiger charge is 2.15. The topological polar surface area (TPSA) is 61.2 Å². The van der Waals surface area contributed by atoms with Crippen LogP contribution in [0.2, 0.25) is 0 Å². The molecule has 27 heavy (non-hydrogen) atoms. The van der Waals surface area contributed by atoms with Crippen LogP contribution in [-0.4, -0.2) is 40.8 Å². The molecule has 0 aliphatic carbocycles. The van der Waals surface area contributed by atoms with Crippen molar-refractivity contribution < 1.29 is 28.3 Å². The maximum absolute atomic E-state index is 13.7. The molecule has 0 bridgehead atoms. The number of carbonyl (C=O) groups excluding carboxylic acids is 1. The van der Waals surface area contributed by atoms with E-state index < -0.39 is 0 Å². The summed E-state index contributed by atoms with van der Waals surface area (Å²) in [5.74, 6) is 1.18. The van der Waals surface area contributed by atoms with E-state index in [1.165, 1.54) is 13.2 Å². The van der Waals surface area contributed by atoms with Crippen molar-refractivity contribution in [3.05, 3.63) is 53.3 Å². The van der Waals surface area contributed by atoms with Gasteiger partial charge in [-0.3, -0.25) is 4.79 Å². The van der Waals surface area contributed by atoms with Crippen molar-refractivity contribution in [2.24, 2.45) is 0 Å². The Morgan fingerprint density at radius 1 is 1.07 bits per heavy atom. The van der Waals surface area contributed by atoms with E-state index in [1.807, 2.05) is 7.05 Å². The lowest BCUT2D eigenvalue weighted by Crippen LogP contribution is -3.09. The number of likely N-dealkylation sites (N-methyl/N-ethyl adjacent to an activating group) is 1. The first-order chi connectivity index (χ1) is 13.0. The van der Waals surface area contributed by atoms with Crippen LogP contribution in [0.5, 0.6) is 17.2 Å². The molecule has 0 fully saturated rings. The average molecular weight is 377 g/mol. The van der Waals surface area contributed by atoms with E-state index in [0.29, 0.717) is 35.9 Å². The predicted molar refractivity (Wildman–Crippen MR) is 99.8 cm³/mol. The molecule has 2 rings (SSSR count). The van der Waals surface area contributed by atoms with Crippen LogP contribution in [0.15, 0.2) is 36.4 Å². The van der Waals surface area contributed by atoms with Gasteiger partial charge in [0.1, 0.15) is 12.4 Å². The fourth-order valence-corrected chi connectivity index (χ4v) is 2.80. The van der Waals surface area contributed by atoms with Gasteiger partial charge in [0.05, 0.1) is 28.4 Å². The van der Waals surface area contributed by atoms with E-state index in [1.54, 1.807) is 44.6 Å². The van der Waals surface area contributed by atoms with Crippen molar-refractivity contribution in [1.29, 1.82) is 0 Å². The zero-order valence-electron chi connectivity index (χ0n) is 16.1. The number of amides is 1. The van der Waals surface area contributed by atoms with Gasteiger partial charge < -0.3 is 24.4 Å². The summed E-state index contributed by atoms with van der Waals surface area (Å²) >= 11 is 0. The molecule has 0 aromatic heterocycles. The molecule has 1 unspecified atom stereocenters. The van der Waals surface area contributed by atoms with Gasteiger partial charge in [0.15, 0.2) is 18.0 Å². The van der Waals surface area contributed by atoms with Crippen LogP contribution in [0.3, 0.4) is 0 Å². The smallest absolute Gasteiger partial charge is 0.275 e. The van der Waals surface area contributed by atoms with Gasteiger partial charge in [0, 0.05) is 12.1 Å². The molecule has 1 atom stereocenters. The van der Waals surface area contributed by atoms with Gasteiger partial charge in [0.25, 0.3) is 5.91 Å². The van der Waals surface area contributed by atoms with E-state index in [4.69, 9.17) is 14.2 Å². The zero-order valence-corrected chi connectivity index (χ0v) is 16.1. The van der Waals surface area contributed by atoms with Gasteiger partial charge >= 0.3 is 0 Å². The van der Waals surface area contributed by atoms with Gasteiger partial charge in [0.2, 0.25) is 5.75 Å². The van der Waals surface area contributed by atoms with Gasteiger partial charge in [-0.2, -0.15) is 0 Å². The van der Waals surface area contributed by atoms with Crippen LogP contribution in [0.1, 0.15) is 11.1 Å². The number of ether oxygens (including phenoxy) is 3. The molecule has 1 amide bonds. The minimum absolute atomic E-state index is 0.127. The normalized spacial score (nSPS) is 11.6. The summed E-state index contributed by atoms with van der Waals surface area (Å²) < 4.78 is 29.6. The number of methoxy groups -OCH3 is 3. The highest BCUT2D eigenvalue weighted by atomic mass is 19.1. The molecular weight excluding hydrogens is 351 g/mol. The number of nitrogens with one attached hydrogen (secondary N) is 2. The fraction of sp³-hybridized carbons (Fsp3) is 0.350. The first-order valence-corrected chi connectivity index (χ1v) is 8.58. The maximum Gasteiger partial charge on any atom is 0.275 e. The molecule has 2 aromatic rings. The summed E-state index contributed by atoms with van der Waals surface area (Å²) in [6, 6.07) is 10.2. The Hall–Kier alpha value is -2.80. The van der Waals surface area contributed by atoms with Crippen molar-refractivity contribution in [2.75, 3.05) is 34.9 Å². The molecule has 146 valence electrons. The van der Waals surface area contributed by atoms with Gasteiger partial charge in [-0.05, 0) is 23.8 Å². The second-order valence-corrected chi connectivity index (χ2v) is 6.21. The van der Waals surface area contributed by atoms with Crippen molar-refractivity contribution >= 4 is 5.91 Å². The number of quaternary nitrogens is 1. The van der Waals surface area contributed by atoms with Crippen LogP contribution >= 0.6 is 0 Å². The molecule has 7 heteroatoms. The molecule has 2 N–H and O–H groups in total. The molecule has 0 heterocycles. The highest BCUT2D eigenvalue weighted by Crippen LogP contribution is 2.38. The van der Waals surface area contributed by atoms with E-state index in [0.717, 1.165) is 10.5 Å².